The maximum absolute atomic E-state index is 9.84. The van der Waals surface area contributed by atoms with E-state index < -0.39 is 16.4 Å². The van der Waals surface area contributed by atoms with Crippen LogP contribution in [0, 0.1) is 3.57 Å². The Bertz CT molecular complexity index is 625. The third-order valence-electron chi connectivity index (χ3n) is 5.25. The maximum atomic E-state index is 9.84. The summed E-state index contributed by atoms with van der Waals surface area (Å²) in [7, 11) is -2.94. The summed E-state index contributed by atoms with van der Waals surface area (Å²) < 4.78 is 20.3. The Labute approximate surface area is 186 Å². The molecule has 164 valence electrons. The third kappa shape index (κ3) is 7.71. The van der Waals surface area contributed by atoms with E-state index in [-0.39, 0.29) is 24.5 Å². The first-order valence-electron chi connectivity index (χ1n) is 9.92. The maximum Gasteiger partial charge on any atom is 0.248 e. The van der Waals surface area contributed by atoms with Crippen LogP contribution in [0.15, 0.2) is 0 Å². The lowest BCUT2D eigenvalue weighted by Crippen LogP contribution is -2.42. The van der Waals surface area contributed by atoms with Crippen LogP contribution in [-0.2, 0) is 15.8 Å². The van der Waals surface area contributed by atoms with Gasteiger partial charge in [-0.3, -0.25) is 4.68 Å². The molecule has 0 aromatic carbocycles. The predicted molar refractivity (Wildman–Crippen MR) is 128 cm³/mol. The minimum atomic E-state index is -1.83. The Morgan fingerprint density at radius 2 is 1.79 bits per heavy atom. The Balaban J connectivity index is 2.73. The van der Waals surface area contributed by atoms with Gasteiger partial charge in [-0.25, -0.2) is 0 Å². The molecule has 6 nitrogen and oxygen atoms in total. The summed E-state index contributed by atoms with van der Waals surface area (Å²) in [5.74, 6) is 0.511. The first kappa shape index (κ1) is 26.1. The second-order valence-corrected chi connectivity index (χ2v) is 21.6. The van der Waals surface area contributed by atoms with Crippen molar-refractivity contribution in [3.8, 4) is 5.88 Å². The number of halogens is 1. The second kappa shape index (κ2) is 10.4. The summed E-state index contributed by atoms with van der Waals surface area (Å²) >= 11 is 2.18. The van der Waals surface area contributed by atoms with E-state index in [0.717, 1.165) is 15.3 Å². The van der Waals surface area contributed by atoms with Gasteiger partial charge in [0.2, 0.25) is 5.88 Å². The molecule has 0 aliphatic rings. The van der Waals surface area contributed by atoms with Crippen molar-refractivity contribution in [1.29, 1.82) is 0 Å². The average Bonchev–Trinajstić information content (AvgIpc) is 2.86. The molecular weight excluding hydrogens is 503 g/mol. The highest BCUT2D eigenvalue weighted by molar-refractivity contribution is 14.1. The van der Waals surface area contributed by atoms with Crippen molar-refractivity contribution < 1.29 is 19.0 Å². The normalized spacial score (nSPS) is 14.4. The highest BCUT2D eigenvalue weighted by Gasteiger charge is 2.37. The molecule has 0 saturated carbocycles. The van der Waals surface area contributed by atoms with Crippen LogP contribution >= 0.6 is 22.6 Å². The highest BCUT2D eigenvalue weighted by Crippen LogP contribution is 2.37. The van der Waals surface area contributed by atoms with Crippen LogP contribution in [0.3, 0.4) is 0 Å². The molecular formula is C19H39IN2O4Si2. The fourth-order valence-electron chi connectivity index (χ4n) is 2.18. The van der Waals surface area contributed by atoms with Crippen molar-refractivity contribution in [2.75, 3.05) is 20.0 Å². The summed E-state index contributed by atoms with van der Waals surface area (Å²) in [4.78, 5) is 0. The molecule has 1 N–H and O–H groups in total. The molecule has 0 aliphatic carbocycles. The quantitative estimate of drug-likeness (QED) is 0.179. The summed E-state index contributed by atoms with van der Waals surface area (Å²) in [6, 6.07) is 1.11. The van der Waals surface area contributed by atoms with Crippen molar-refractivity contribution in [1.82, 2.24) is 9.78 Å². The number of aromatic nitrogens is 2. The van der Waals surface area contributed by atoms with Gasteiger partial charge in [-0.1, -0.05) is 40.4 Å². The minimum absolute atomic E-state index is 0.00921. The zero-order valence-electron chi connectivity index (χ0n) is 19.1. The first-order valence-corrected chi connectivity index (χ1v) is 17.6. The van der Waals surface area contributed by atoms with Gasteiger partial charge in [0.15, 0.2) is 15.1 Å². The van der Waals surface area contributed by atoms with E-state index in [2.05, 4.69) is 88.1 Å². The van der Waals surface area contributed by atoms with E-state index in [1.807, 2.05) is 4.68 Å². The second-order valence-electron chi connectivity index (χ2n) is 10.1. The number of aliphatic hydroxyl groups is 1. The van der Waals surface area contributed by atoms with Crippen molar-refractivity contribution >= 4 is 39.0 Å². The monoisotopic (exact) mass is 542 g/mol. The molecule has 0 bridgehead atoms. The molecule has 1 atom stereocenters. The molecule has 0 radical (unpaired) electrons. The predicted octanol–water partition coefficient (Wildman–Crippen LogP) is 5.25. The van der Waals surface area contributed by atoms with Crippen molar-refractivity contribution in [3.05, 3.63) is 9.26 Å². The molecule has 1 rings (SSSR count). The molecule has 0 aliphatic heterocycles. The van der Waals surface area contributed by atoms with E-state index >= 15 is 0 Å². The Morgan fingerprint density at radius 1 is 1.18 bits per heavy atom. The molecule has 9 heteroatoms. The van der Waals surface area contributed by atoms with Crippen LogP contribution < -0.4 is 4.74 Å². The number of hydrogen-bond donors (Lipinski definition) is 1. The Morgan fingerprint density at radius 3 is 2.29 bits per heavy atom. The summed E-state index contributed by atoms with van der Waals surface area (Å²) in [6.07, 6.45) is 0. The van der Waals surface area contributed by atoms with Gasteiger partial charge in [-0.05, 0) is 53.7 Å². The largest absolute Gasteiger partial charge is 0.449 e. The molecule has 1 heterocycles. The molecule has 0 spiro atoms. The van der Waals surface area contributed by atoms with Gasteiger partial charge < -0.3 is 19.0 Å². The minimum Gasteiger partial charge on any atom is -0.449 e. The molecule has 1 aromatic rings. The zero-order valence-corrected chi connectivity index (χ0v) is 23.2. The molecule has 0 unspecified atom stereocenters. The summed E-state index contributed by atoms with van der Waals surface area (Å²) in [5, 5.41) is 14.6. The van der Waals surface area contributed by atoms with Gasteiger partial charge in [0, 0.05) is 14.7 Å². The number of rotatable bonds is 11. The van der Waals surface area contributed by atoms with Crippen molar-refractivity contribution in [2.24, 2.45) is 0 Å². The van der Waals surface area contributed by atoms with Gasteiger partial charge in [0.25, 0.3) is 0 Å². The van der Waals surface area contributed by atoms with Crippen molar-refractivity contribution in [3.63, 3.8) is 0 Å². The number of nitrogens with zero attached hydrogens (tertiary/aromatic N) is 2. The van der Waals surface area contributed by atoms with Crippen LogP contribution in [0.2, 0.25) is 43.8 Å². The first-order chi connectivity index (χ1) is 12.7. The SMILES string of the molecule is C[C@@H](CO[Si](C)(C)C(C)(C)C)n1nc(OCOCC[Si](C)(C)C)c(I)c1CO. The van der Waals surface area contributed by atoms with Crippen LogP contribution in [0.5, 0.6) is 5.88 Å². The van der Waals surface area contributed by atoms with E-state index in [1.165, 1.54) is 0 Å². The lowest BCUT2D eigenvalue weighted by Gasteiger charge is -2.37. The van der Waals surface area contributed by atoms with Gasteiger partial charge in [-0.15, -0.1) is 5.10 Å². The topological polar surface area (TPSA) is 65.7 Å². The average molecular weight is 543 g/mol. The molecule has 0 fully saturated rings. The van der Waals surface area contributed by atoms with Crippen LogP contribution in [-0.4, -0.2) is 51.3 Å². The zero-order chi connectivity index (χ0) is 21.8. The summed E-state index contributed by atoms with van der Waals surface area (Å²) in [5.41, 5.74) is 0.754. The smallest absolute Gasteiger partial charge is 0.248 e. The van der Waals surface area contributed by atoms with Gasteiger partial charge >= 0.3 is 0 Å². The number of ether oxygens (including phenoxy) is 2. The van der Waals surface area contributed by atoms with Crippen LogP contribution in [0.4, 0.5) is 0 Å². The van der Waals surface area contributed by atoms with Gasteiger partial charge in [0.05, 0.1) is 24.9 Å². The van der Waals surface area contributed by atoms with Crippen LogP contribution in [0.25, 0.3) is 0 Å². The number of hydrogen-bond acceptors (Lipinski definition) is 5. The van der Waals surface area contributed by atoms with E-state index in [4.69, 9.17) is 13.9 Å². The standard InChI is InChI=1S/C19H39IN2O4Si2/c1-15(13-26-28(8,9)19(2,3)4)22-16(12-23)17(20)18(21-22)25-14-24-10-11-27(5,6)7/h15,23H,10-14H2,1-9H3/t15-/m0/s1. The third-order valence-corrected chi connectivity index (χ3v) is 12.5. The fraction of sp³-hybridized carbons (Fsp3) is 0.842. The molecule has 1 aromatic heterocycles. The molecule has 0 amide bonds. The Hall–Kier alpha value is 0.0538. The Kier molecular flexibility index (Phi) is 9.68. The van der Waals surface area contributed by atoms with E-state index in [9.17, 15) is 5.11 Å². The summed E-state index contributed by atoms with van der Waals surface area (Å²) in [6.45, 7) is 21.6. The number of aliphatic hydroxyl groups excluding tert-OH is 1. The lowest BCUT2D eigenvalue weighted by molar-refractivity contribution is 0.0182. The van der Waals surface area contributed by atoms with E-state index in [0.29, 0.717) is 19.1 Å². The van der Waals surface area contributed by atoms with Crippen LogP contribution in [0.1, 0.15) is 39.4 Å². The fourth-order valence-corrected chi connectivity index (χ4v) is 4.70. The lowest BCUT2D eigenvalue weighted by atomic mass is 10.2. The highest BCUT2D eigenvalue weighted by atomic mass is 127. The molecule has 0 saturated heterocycles. The molecule has 28 heavy (non-hydrogen) atoms. The van der Waals surface area contributed by atoms with E-state index in [1.54, 1.807) is 0 Å². The van der Waals surface area contributed by atoms with Gasteiger partial charge in [0.1, 0.15) is 3.57 Å². The van der Waals surface area contributed by atoms with Gasteiger partial charge in [-0.2, -0.15) is 0 Å². The van der Waals surface area contributed by atoms with Crippen molar-refractivity contribution in [2.45, 2.75) is 84.2 Å².